The Morgan fingerprint density at radius 2 is 1.87 bits per heavy atom. The summed E-state index contributed by atoms with van der Waals surface area (Å²) in [6.45, 7) is 8.67. The molecular weight excluding hydrogens is 384 g/mol. The van der Waals surface area contributed by atoms with Crippen molar-refractivity contribution < 1.29 is 4.79 Å². The molecule has 1 N–H and O–H groups in total. The predicted molar refractivity (Wildman–Crippen MR) is 131 cm³/mol. The lowest BCUT2D eigenvalue weighted by atomic mass is 9.99. The van der Waals surface area contributed by atoms with Crippen molar-refractivity contribution in [1.29, 1.82) is 0 Å². The molecule has 0 bridgehead atoms. The van der Waals surface area contributed by atoms with Gasteiger partial charge in [-0.25, -0.2) is 0 Å². The van der Waals surface area contributed by atoms with Gasteiger partial charge in [0.25, 0.3) is 0 Å². The highest BCUT2D eigenvalue weighted by molar-refractivity contribution is 6.89. The van der Waals surface area contributed by atoms with Crippen LogP contribution in [-0.4, -0.2) is 19.0 Å². The number of hydrogen-bond donors (Lipinski definition) is 1. The molecule has 0 saturated heterocycles. The number of fused-ring (bicyclic) bond motifs is 1. The molecule has 156 valence electrons. The number of allylic oxidation sites excluding steroid dienone is 1. The number of pyridine rings is 1. The van der Waals surface area contributed by atoms with E-state index in [0.29, 0.717) is 12.3 Å². The largest absolute Gasteiger partial charge is 0.324 e. The van der Waals surface area contributed by atoms with Crippen LogP contribution in [-0.2, 0) is 4.79 Å². The SMILES string of the molecule is C=CCCCC(CC(=O)Nc1cccc2cccnc12)C[Si](C)(C)c1ccccc1. The van der Waals surface area contributed by atoms with E-state index in [1.54, 1.807) is 6.20 Å². The van der Waals surface area contributed by atoms with Crippen molar-refractivity contribution in [2.75, 3.05) is 5.32 Å². The van der Waals surface area contributed by atoms with E-state index in [-0.39, 0.29) is 5.91 Å². The van der Waals surface area contributed by atoms with Gasteiger partial charge in [0.15, 0.2) is 0 Å². The van der Waals surface area contributed by atoms with Crippen LogP contribution in [0.5, 0.6) is 0 Å². The summed E-state index contributed by atoms with van der Waals surface area (Å²) in [5.74, 6) is 0.448. The Labute approximate surface area is 181 Å². The minimum Gasteiger partial charge on any atom is -0.324 e. The molecule has 0 saturated carbocycles. The standard InChI is InChI=1S/C26H32N2OSi/c1-4-5-7-12-21(20-30(2,3)23-15-8-6-9-16-23)19-25(29)28-24-17-10-13-22-14-11-18-27-26(22)24/h4,6,8-11,13-18,21H,1,5,7,12,19-20H2,2-3H3,(H,28,29). The molecule has 0 aliphatic carbocycles. The van der Waals surface area contributed by atoms with Gasteiger partial charge in [0.1, 0.15) is 0 Å². The van der Waals surface area contributed by atoms with E-state index in [2.05, 4.69) is 60.3 Å². The van der Waals surface area contributed by atoms with Crippen LogP contribution >= 0.6 is 0 Å². The van der Waals surface area contributed by atoms with E-state index in [1.165, 1.54) is 5.19 Å². The van der Waals surface area contributed by atoms with Crippen LogP contribution in [0.25, 0.3) is 10.9 Å². The van der Waals surface area contributed by atoms with Crippen LogP contribution < -0.4 is 10.5 Å². The number of nitrogens with zero attached hydrogens (tertiary/aromatic N) is 1. The molecule has 1 unspecified atom stereocenters. The van der Waals surface area contributed by atoms with Gasteiger partial charge in [-0.2, -0.15) is 0 Å². The molecule has 1 aromatic heterocycles. The lowest BCUT2D eigenvalue weighted by Crippen LogP contribution is -2.43. The van der Waals surface area contributed by atoms with Crippen LogP contribution in [0.4, 0.5) is 5.69 Å². The maximum atomic E-state index is 13.0. The van der Waals surface area contributed by atoms with Crippen molar-refractivity contribution in [2.45, 2.75) is 44.8 Å². The number of para-hydroxylation sites is 1. The third-order valence-electron chi connectivity index (χ3n) is 5.76. The maximum Gasteiger partial charge on any atom is 0.224 e. The molecule has 0 radical (unpaired) electrons. The Bertz CT molecular complexity index is 979. The van der Waals surface area contributed by atoms with Gasteiger partial charge in [0, 0.05) is 18.0 Å². The topological polar surface area (TPSA) is 42.0 Å². The minimum absolute atomic E-state index is 0.0783. The molecule has 1 amide bonds. The van der Waals surface area contributed by atoms with Crippen LogP contribution in [0.1, 0.15) is 25.7 Å². The van der Waals surface area contributed by atoms with Crippen molar-refractivity contribution in [3.05, 3.63) is 79.5 Å². The molecule has 1 atom stereocenters. The molecule has 0 fully saturated rings. The van der Waals surface area contributed by atoms with Gasteiger partial charge in [0.05, 0.1) is 19.3 Å². The third kappa shape index (κ3) is 5.89. The van der Waals surface area contributed by atoms with Crippen molar-refractivity contribution in [3.63, 3.8) is 0 Å². The quantitative estimate of drug-likeness (QED) is 0.245. The summed E-state index contributed by atoms with van der Waals surface area (Å²) in [5, 5.41) is 5.62. The van der Waals surface area contributed by atoms with Crippen molar-refractivity contribution in [2.24, 2.45) is 5.92 Å². The Morgan fingerprint density at radius 1 is 1.10 bits per heavy atom. The molecule has 0 aliphatic rings. The Kier molecular flexibility index (Phi) is 7.58. The van der Waals surface area contributed by atoms with Gasteiger partial charge in [-0.05, 0) is 37.3 Å². The lowest BCUT2D eigenvalue weighted by molar-refractivity contribution is -0.117. The van der Waals surface area contributed by atoms with E-state index < -0.39 is 8.07 Å². The first-order valence-corrected chi connectivity index (χ1v) is 14.0. The summed E-state index contributed by atoms with van der Waals surface area (Å²) in [4.78, 5) is 17.4. The molecule has 0 spiro atoms. The first kappa shape index (κ1) is 22.0. The first-order valence-electron chi connectivity index (χ1n) is 10.8. The highest BCUT2D eigenvalue weighted by atomic mass is 28.3. The Morgan fingerprint density at radius 3 is 2.63 bits per heavy atom. The number of rotatable bonds is 10. The monoisotopic (exact) mass is 416 g/mol. The van der Waals surface area contributed by atoms with E-state index >= 15 is 0 Å². The van der Waals surface area contributed by atoms with Gasteiger partial charge in [0.2, 0.25) is 5.91 Å². The maximum absolute atomic E-state index is 13.0. The molecule has 2 aromatic carbocycles. The van der Waals surface area contributed by atoms with Crippen molar-refractivity contribution in [3.8, 4) is 0 Å². The van der Waals surface area contributed by atoms with Gasteiger partial charge >= 0.3 is 0 Å². The fourth-order valence-corrected chi connectivity index (χ4v) is 7.35. The highest BCUT2D eigenvalue weighted by Gasteiger charge is 2.28. The molecule has 30 heavy (non-hydrogen) atoms. The number of hydrogen-bond acceptors (Lipinski definition) is 2. The summed E-state index contributed by atoms with van der Waals surface area (Å²) in [6.07, 6.45) is 7.41. The van der Waals surface area contributed by atoms with Crippen molar-refractivity contribution >= 4 is 35.8 Å². The zero-order chi connectivity index (χ0) is 21.4. The fraction of sp³-hybridized carbons (Fsp3) is 0.308. The van der Waals surface area contributed by atoms with E-state index in [1.807, 2.05) is 36.4 Å². The second kappa shape index (κ2) is 10.3. The molecule has 3 aromatic rings. The van der Waals surface area contributed by atoms with E-state index in [9.17, 15) is 4.79 Å². The Balaban J connectivity index is 1.72. The van der Waals surface area contributed by atoms with Gasteiger partial charge in [-0.3, -0.25) is 9.78 Å². The summed E-state index contributed by atoms with van der Waals surface area (Å²) in [5.41, 5.74) is 1.64. The minimum atomic E-state index is -1.62. The summed E-state index contributed by atoms with van der Waals surface area (Å²) in [6, 6.07) is 21.8. The third-order valence-corrected chi connectivity index (χ3v) is 9.25. The molecule has 3 rings (SSSR count). The molecule has 3 nitrogen and oxygen atoms in total. The molecule has 4 heteroatoms. The number of anilines is 1. The average Bonchev–Trinajstić information content (AvgIpc) is 2.74. The number of aromatic nitrogens is 1. The first-order chi connectivity index (χ1) is 14.5. The number of benzene rings is 2. The zero-order valence-corrected chi connectivity index (χ0v) is 19.1. The molecule has 0 aliphatic heterocycles. The van der Waals surface area contributed by atoms with Gasteiger partial charge in [-0.15, -0.1) is 6.58 Å². The fourth-order valence-electron chi connectivity index (χ4n) is 4.22. The second-order valence-corrected chi connectivity index (χ2v) is 13.4. The highest BCUT2D eigenvalue weighted by Crippen LogP contribution is 2.27. The van der Waals surface area contributed by atoms with Crippen LogP contribution in [0.2, 0.25) is 19.1 Å². The number of nitrogens with one attached hydrogen (secondary N) is 1. The lowest BCUT2D eigenvalue weighted by Gasteiger charge is -2.28. The number of amides is 1. The van der Waals surface area contributed by atoms with Gasteiger partial charge in [-0.1, -0.05) is 78.9 Å². The normalized spacial score (nSPS) is 12.5. The molecular formula is C26H32N2OSi. The number of unbranched alkanes of at least 4 members (excludes halogenated alkanes) is 1. The predicted octanol–water partition coefficient (Wildman–Crippen LogP) is 6.15. The van der Waals surface area contributed by atoms with Crippen molar-refractivity contribution in [1.82, 2.24) is 4.98 Å². The van der Waals surface area contributed by atoms with Crippen LogP contribution in [0.15, 0.2) is 79.5 Å². The summed E-state index contributed by atoms with van der Waals surface area (Å²) >= 11 is 0. The van der Waals surface area contributed by atoms with Crippen LogP contribution in [0.3, 0.4) is 0 Å². The van der Waals surface area contributed by atoms with E-state index in [4.69, 9.17) is 0 Å². The van der Waals surface area contributed by atoms with Gasteiger partial charge < -0.3 is 5.32 Å². The summed E-state index contributed by atoms with van der Waals surface area (Å²) in [7, 11) is -1.62. The smallest absolute Gasteiger partial charge is 0.224 e. The van der Waals surface area contributed by atoms with E-state index in [0.717, 1.165) is 41.9 Å². The van der Waals surface area contributed by atoms with Crippen LogP contribution in [0, 0.1) is 5.92 Å². The zero-order valence-electron chi connectivity index (χ0n) is 18.1. The second-order valence-electron chi connectivity index (χ2n) is 8.67. The average molecular weight is 417 g/mol. The molecule has 1 heterocycles. The summed E-state index contributed by atoms with van der Waals surface area (Å²) < 4.78 is 0. The number of carbonyl (C=O) groups is 1. The Hall–Kier alpha value is -2.72. The number of carbonyl (C=O) groups excluding carboxylic acids is 1.